The van der Waals surface area contributed by atoms with Gasteiger partial charge in [-0.15, -0.1) is 0 Å². The highest BCUT2D eigenvalue weighted by Gasteiger charge is 2.69. The molecule has 1 amide bonds. The zero-order chi connectivity index (χ0) is 31.3. The molecule has 6 N–H and O–H groups in total. The van der Waals surface area contributed by atoms with Crippen molar-refractivity contribution in [2.24, 2.45) is 17.6 Å². The number of aliphatic hydroxyl groups excluding tert-OH is 2. The molecule has 0 radical (unpaired) electrons. The number of hydrogen-bond donors (Lipinski definition) is 5. The average molecular weight is 588 g/mol. The minimum Gasteiger partial charge on any atom is -0.510 e. The van der Waals surface area contributed by atoms with Crippen LogP contribution in [-0.2, 0) is 23.9 Å². The van der Waals surface area contributed by atoms with Gasteiger partial charge in [-0.05, 0) is 39.8 Å². The summed E-state index contributed by atoms with van der Waals surface area (Å²) in [6.45, 7) is 2.31. The predicted octanol–water partition coefficient (Wildman–Crippen LogP) is 0.172. The molecule has 228 valence electrons. The van der Waals surface area contributed by atoms with E-state index >= 15 is 0 Å². The Balaban J connectivity index is 2.05. The van der Waals surface area contributed by atoms with Crippen LogP contribution in [0.25, 0.3) is 0 Å². The van der Waals surface area contributed by atoms with Gasteiger partial charge in [-0.2, -0.15) is 0 Å². The Morgan fingerprint density at radius 3 is 2.33 bits per heavy atom. The van der Waals surface area contributed by atoms with Gasteiger partial charge >= 0.3 is 5.97 Å². The van der Waals surface area contributed by atoms with Crippen LogP contribution in [0.2, 0.25) is 0 Å². The van der Waals surface area contributed by atoms with Crippen LogP contribution in [0.5, 0.6) is 5.75 Å². The third kappa shape index (κ3) is 4.75. The Morgan fingerprint density at radius 2 is 1.76 bits per heavy atom. The first-order chi connectivity index (χ1) is 19.7. The molecule has 1 aromatic carbocycles. The van der Waals surface area contributed by atoms with Gasteiger partial charge < -0.3 is 40.5 Å². The highest BCUT2D eigenvalue weighted by molar-refractivity contribution is 6.25. The van der Waals surface area contributed by atoms with Gasteiger partial charge in [-0.1, -0.05) is 19.1 Å². The smallest absolute Gasteiger partial charge is 0.305 e. The molecule has 13 nitrogen and oxygen atoms in total. The summed E-state index contributed by atoms with van der Waals surface area (Å²) in [5, 5.41) is 45.7. The number of carbonyl (C=O) groups excluding carboxylic acids is 4. The molecule has 0 aromatic heterocycles. The van der Waals surface area contributed by atoms with Gasteiger partial charge in [0.05, 0.1) is 30.7 Å². The summed E-state index contributed by atoms with van der Waals surface area (Å²) >= 11 is 0. The zero-order valence-corrected chi connectivity index (χ0v) is 24.2. The van der Waals surface area contributed by atoms with Crippen LogP contribution in [0.4, 0.5) is 0 Å². The highest BCUT2D eigenvalue weighted by Crippen LogP contribution is 2.56. The van der Waals surface area contributed by atoms with Gasteiger partial charge in [0.25, 0.3) is 5.91 Å². The topological polar surface area (TPSA) is 200 Å². The molecule has 3 aliphatic rings. The van der Waals surface area contributed by atoms with Crippen LogP contribution in [0.15, 0.2) is 40.9 Å². The van der Waals surface area contributed by atoms with Crippen LogP contribution in [0, 0.1) is 11.8 Å². The number of nitrogens with zero attached hydrogens (tertiary/aromatic N) is 2. The highest BCUT2D eigenvalue weighted by atomic mass is 16.5. The van der Waals surface area contributed by atoms with Gasteiger partial charge in [0, 0.05) is 30.4 Å². The maximum Gasteiger partial charge on any atom is 0.305 e. The number of esters is 1. The first kappa shape index (κ1) is 31.2. The van der Waals surface area contributed by atoms with E-state index < -0.39 is 87.4 Å². The summed E-state index contributed by atoms with van der Waals surface area (Å²) in [4.78, 5) is 56.2. The molecule has 0 heterocycles. The average Bonchev–Trinajstić information content (AvgIpc) is 2.90. The lowest BCUT2D eigenvalue weighted by Crippen LogP contribution is -2.69. The third-order valence-electron chi connectivity index (χ3n) is 8.31. The molecule has 0 unspecified atom stereocenters. The van der Waals surface area contributed by atoms with Crippen molar-refractivity contribution in [1.29, 1.82) is 0 Å². The lowest BCUT2D eigenvalue weighted by atomic mass is 9.55. The van der Waals surface area contributed by atoms with E-state index in [0.717, 1.165) is 0 Å². The molecule has 6 atom stereocenters. The van der Waals surface area contributed by atoms with Crippen molar-refractivity contribution in [2.75, 3.05) is 47.9 Å². The summed E-state index contributed by atoms with van der Waals surface area (Å²) in [7, 11) is 6.70. The molecule has 0 fully saturated rings. The van der Waals surface area contributed by atoms with Crippen molar-refractivity contribution in [3.8, 4) is 5.75 Å². The van der Waals surface area contributed by atoms with Gasteiger partial charge in [0.15, 0.2) is 11.4 Å². The number of Topliss-reactive ketones (excluding diaryl/α,β-unsaturated/α-hetero) is 2. The lowest BCUT2D eigenvalue weighted by Gasteiger charge is -2.54. The SMILES string of the molecule is CCC(=O)O[C@H]1[C@@H]2C(=C(O)[C@]3(O)C(=O)C(C(N)=O)=C(O)[C@@H](N(C)C)[C@@H]13)C(=O)c1c(O)cccc1[C@H]2COCCN(C)C. The fraction of sp³-hybridized carbons (Fsp3) is 0.517. The fourth-order valence-corrected chi connectivity index (χ4v) is 6.41. The fourth-order valence-electron chi connectivity index (χ4n) is 6.41. The van der Waals surface area contributed by atoms with Gasteiger partial charge in [0.2, 0.25) is 5.78 Å². The van der Waals surface area contributed by atoms with Gasteiger partial charge in [-0.3, -0.25) is 24.1 Å². The normalized spacial score (nSPS) is 29.0. The van der Waals surface area contributed by atoms with Crippen molar-refractivity contribution in [1.82, 2.24) is 9.80 Å². The van der Waals surface area contributed by atoms with Crippen LogP contribution in [-0.4, -0.2) is 119 Å². The van der Waals surface area contributed by atoms with Crippen molar-refractivity contribution in [3.63, 3.8) is 0 Å². The number of aliphatic hydroxyl groups is 3. The maximum absolute atomic E-state index is 14.0. The standard InChI is InChI=1S/C29H37N3O10/c1-6-16(34)42-25-18-14(12-41-11-10-31(2)3)13-8-7-9-15(33)17(13)23(35)19(18)26(37)29(40)21(25)22(32(4)5)24(36)20(27(29)38)28(30)39/h7-9,14,18,21-22,25,33,36-37,40H,6,10-12H2,1-5H3,(H2,30,39)/t14-,18+,21+,22+,25+,29+/m1/s1. The maximum atomic E-state index is 14.0. The molecule has 13 heteroatoms. The number of likely N-dealkylation sites (N-methyl/N-ethyl adjacent to an activating group) is 2. The minimum absolute atomic E-state index is 0.0563. The largest absolute Gasteiger partial charge is 0.510 e. The van der Waals surface area contributed by atoms with Crippen LogP contribution < -0.4 is 5.73 Å². The van der Waals surface area contributed by atoms with Crippen LogP contribution >= 0.6 is 0 Å². The number of benzene rings is 1. The van der Waals surface area contributed by atoms with E-state index in [2.05, 4.69) is 0 Å². The number of ketones is 2. The van der Waals surface area contributed by atoms with E-state index in [1.54, 1.807) is 6.07 Å². The molecule has 0 saturated heterocycles. The second kappa shape index (κ2) is 11.5. The van der Waals surface area contributed by atoms with Crippen molar-refractivity contribution in [3.05, 3.63) is 52.0 Å². The van der Waals surface area contributed by atoms with Crippen molar-refractivity contribution < 1.29 is 49.1 Å². The number of aromatic hydroxyl groups is 1. The molecular formula is C29H37N3O10. The molecule has 3 aliphatic carbocycles. The van der Waals surface area contributed by atoms with Crippen molar-refractivity contribution in [2.45, 2.75) is 37.0 Å². The number of ether oxygens (including phenoxy) is 2. The van der Waals surface area contributed by atoms with E-state index in [1.807, 2.05) is 19.0 Å². The molecule has 1 aromatic rings. The minimum atomic E-state index is -3.00. The molecule has 42 heavy (non-hydrogen) atoms. The summed E-state index contributed by atoms with van der Waals surface area (Å²) in [5.74, 6) is -10.2. The number of primary amides is 1. The van der Waals surface area contributed by atoms with Crippen molar-refractivity contribution >= 4 is 23.4 Å². The lowest BCUT2D eigenvalue weighted by molar-refractivity contribution is -0.181. The molecule has 0 aliphatic heterocycles. The van der Waals surface area contributed by atoms with E-state index in [4.69, 9.17) is 15.2 Å². The second-order valence-corrected chi connectivity index (χ2v) is 11.3. The van der Waals surface area contributed by atoms with Gasteiger partial charge in [-0.25, -0.2) is 0 Å². The second-order valence-electron chi connectivity index (χ2n) is 11.3. The monoisotopic (exact) mass is 587 g/mol. The molecular weight excluding hydrogens is 550 g/mol. The number of phenolic OH excluding ortho intramolecular Hbond substituents is 1. The summed E-state index contributed by atoms with van der Waals surface area (Å²) in [6, 6.07) is 3.07. The Bertz CT molecular complexity index is 1380. The summed E-state index contributed by atoms with van der Waals surface area (Å²) in [6.07, 6.45) is -1.59. The number of hydrogen-bond acceptors (Lipinski definition) is 12. The Kier molecular flexibility index (Phi) is 8.52. The quantitative estimate of drug-likeness (QED) is 0.149. The van der Waals surface area contributed by atoms with E-state index in [-0.39, 0.29) is 25.2 Å². The number of amides is 1. The summed E-state index contributed by atoms with van der Waals surface area (Å²) < 4.78 is 11.8. The molecule has 0 bridgehead atoms. The number of rotatable bonds is 9. The first-order valence-corrected chi connectivity index (χ1v) is 13.6. The molecule has 0 spiro atoms. The number of fused-ring (bicyclic) bond motifs is 3. The summed E-state index contributed by atoms with van der Waals surface area (Å²) in [5.41, 5.74) is 1.20. The predicted molar refractivity (Wildman–Crippen MR) is 148 cm³/mol. The van der Waals surface area contributed by atoms with Gasteiger partial charge in [0.1, 0.15) is 28.9 Å². The molecule has 4 rings (SSSR count). The Hall–Kier alpha value is -3.78. The zero-order valence-electron chi connectivity index (χ0n) is 24.2. The number of nitrogens with two attached hydrogens (primary N) is 1. The number of phenols is 1. The van der Waals surface area contributed by atoms with E-state index in [1.165, 1.54) is 38.1 Å². The Labute approximate surface area is 242 Å². The van der Waals surface area contributed by atoms with E-state index in [0.29, 0.717) is 12.1 Å². The molecule has 0 saturated carbocycles. The van der Waals surface area contributed by atoms with Crippen LogP contribution in [0.3, 0.4) is 0 Å². The van der Waals surface area contributed by atoms with Crippen LogP contribution in [0.1, 0.15) is 35.2 Å². The number of carbonyl (C=O) groups is 4. The Morgan fingerprint density at radius 1 is 1.10 bits per heavy atom. The third-order valence-corrected chi connectivity index (χ3v) is 8.31. The first-order valence-electron chi connectivity index (χ1n) is 13.6. The van der Waals surface area contributed by atoms with E-state index in [9.17, 15) is 39.6 Å².